The largest absolute Gasteiger partial charge is 0.479 e. The number of hydrogen-bond acceptors (Lipinski definition) is 4. The maximum Gasteiger partial charge on any atom is 0.267 e. The van der Waals surface area contributed by atoms with Crippen molar-refractivity contribution in [1.82, 2.24) is 4.90 Å². The molecule has 0 N–H and O–H groups in total. The Balaban J connectivity index is 1.69. The van der Waals surface area contributed by atoms with E-state index < -0.39 is 6.10 Å². The predicted octanol–water partition coefficient (Wildman–Crippen LogP) is 1.83. The van der Waals surface area contributed by atoms with Gasteiger partial charge in [-0.05, 0) is 32.9 Å². The third-order valence-electron chi connectivity index (χ3n) is 4.55. The van der Waals surface area contributed by atoms with Crippen LogP contribution in [0.25, 0.3) is 0 Å². The summed E-state index contributed by atoms with van der Waals surface area (Å²) < 4.78 is 11.2. The maximum atomic E-state index is 12.6. The lowest BCUT2D eigenvalue weighted by Gasteiger charge is -2.38. The number of ether oxygens (including phenoxy) is 2. The zero-order valence-electron chi connectivity index (χ0n) is 14.4. The van der Waals surface area contributed by atoms with Gasteiger partial charge in [0.1, 0.15) is 5.75 Å². The molecule has 1 fully saturated rings. The molecule has 0 saturated carbocycles. The quantitative estimate of drug-likeness (QED) is 0.847. The van der Waals surface area contributed by atoms with E-state index in [1.54, 1.807) is 11.8 Å². The standard InChI is InChI=1S/C18H24N2O4/c1-12-11-23-13(2)10-20(12)17(21)8-9-19-15-6-4-5-7-16(15)24-14(3)18(19)22/h4-7,12-14H,8-11H2,1-3H3. The van der Waals surface area contributed by atoms with Crippen molar-refractivity contribution in [3.8, 4) is 5.75 Å². The van der Waals surface area contributed by atoms with Crippen molar-refractivity contribution in [2.45, 2.75) is 45.4 Å². The zero-order valence-corrected chi connectivity index (χ0v) is 14.4. The number of amides is 2. The summed E-state index contributed by atoms with van der Waals surface area (Å²) in [6.07, 6.45) is -0.183. The van der Waals surface area contributed by atoms with Crippen LogP contribution in [0.1, 0.15) is 27.2 Å². The molecule has 2 heterocycles. The second-order valence-electron chi connectivity index (χ2n) is 6.51. The number of fused-ring (bicyclic) bond motifs is 1. The third kappa shape index (κ3) is 3.24. The Labute approximate surface area is 142 Å². The lowest BCUT2D eigenvalue weighted by molar-refractivity contribution is -0.143. The number of benzene rings is 1. The molecule has 2 aliphatic heterocycles. The second-order valence-corrected chi connectivity index (χ2v) is 6.51. The van der Waals surface area contributed by atoms with E-state index in [0.29, 0.717) is 31.9 Å². The summed E-state index contributed by atoms with van der Waals surface area (Å²) in [7, 11) is 0. The SMILES string of the molecule is CC1CN(C(=O)CCN2C(=O)C(C)Oc3ccccc32)C(C)CO1. The minimum atomic E-state index is -0.530. The zero-order chi connectivity index (χ0) is 17.3. The molecular weight excluding hydrogens is 308 g/mol. The molecule has 3 atom stereocenters. The van der Waals surface area contributed by atoms with E-state index in [9.17, 15) is 9.59 Å². The highest BCUT2D eigenvalue weighted by Crippen LogP contribution is 2.33. The average molecular weight is 332 g/mol. The molecule has 24 heavy (non-hydrogen) atoms. The minimum absolute atomic E-state index is 0.0518. The average Bonchev–Trinajstić information content (AvgIpc) is 2.57. The van der Waals surface area contributed by atoms with Crippen molar-refractivity contribution < 1.29 is 19.1 Å². The van der Waals surface area contributed by atoms with Gasteiger partial charge in [-0.3, -0.25) is 9.59 Å². The van der Waals surface area contributed by atoms with Crippen LogP contribution in [0, 0.1) is 0 Å². The lowest BCUT2D eigenvalue weighted by Crippen LogP contribution is -2.51. The van der Waals surface area contributed by atoms with Crippen LogP contribution in [0.15, 0.2) is 24.3 Å². The van der Waals surface area contributed by atoms with Gasteiger partial charge in [0, 0.05) is 19.5 Å². The molecule has 1 aromatic rings. The van der Waals surface area contributed by atoms with E-state index in [-0.39, 0.29) is 24.0 Å². The third-order valence-corrected chi connectivity index (χ3v) is 4.55. The summed E-state index contributed by atoms with van der Waals surface area (Å²) >= 11 is 0. The van der Waals surface area contributed by atoms with Crippen molar-refractivity contribution in [1.29, 1.82) is 0 Å². The Kier molecular flexibility index (Phi) is 4.76. The molecule has 2 aliphatic rings. The molecule has 0 radical (unpaired) electrons. The van der Waals surface area contributed by atoms with Crippen LogP contribution >= 0.6 is 0 Å². The van der Waals surface area contributed by atoms with Crippen LogP contribution in [-0.4, -0.2) is 54.7 Å². The number of anilines is 1. The lowest BCUT2D eigenvalue weighted by atomic mass is 10.1. The first-order valence-corrected chi connectivity index (χ1v) is 8.45. The normalized spacial score (nSPS) is 26.8. The maximum absolute atomic E-state index is 12.6. The van der Waals surface area contributed by atoms with Crippen LogP contribution in [0.3, 0.4) is 0 Å². The number of rotatable bonds is 3. The van der Waals surface area contributed by atoms with Crippen molar-refractivity contribution in [2.24, 2.45) is 0 Å². The summed E-state index contributed by atoms with van der Waals surface area (Å²) in [4.78, 5) is 28.6. The molecule has 1 aromatic carbocycles. The van der Waals surface area contributed by atoms with Gasteiger partial charge < -0.3 is 19.3 Å². The van der Waals surface area contributed by atoms with E-state index in [4.69, 9.17) is 9.47 Å². The number of morpholine rings is 1. The molecule has 0 aliphatic carbocycles. The monoisotopic (exact) mass is 332 g/mol. The summed E-state index contributed by atoms with van der Waals surface area (Å²) in [6.45, 7) is 7.21. The number of nitrogens with zero attached hydrogens (tertiary/aromatic N) is 2. The summed E-state index contributed by atoms with van der Waals surface area (Å²) in [5.41, 5.74) is 0.733. The Morgan fingerprint density at radius 3 is 2.79 bits per heavy atom. The first kappa shape index (κ1) is 16.8. The Morgan fingerprint density at radius 1 is 1.25 bits per heavy atom. The van der Waals surface area contributed by atoms with Gasteiger partial charge in [-0.1, -0.05) is 12.1 Å². The molecule has 6 heteroatoms. The number of carbonyl (C=O) groups is 2. The fourth-order valence-electron chi connectivity index (χ4n) is 3.19. The van der Waals surface area contributed by atoms with Crippen molar-refractivity contribution in [2.75, 3.05) is 24.6 Å². The number of hydrogen-bond donors (Lipinski definition) is 0. The summed E-state index contributed by atoms with van der Waals surface area (Å²) in [6, 6.07) is 7.51. The molecule has 0 bridgehead atoms. The summed E-state index contributed by atoms with van der Waals surface area (Å²) in [5.74, 6) is 0.636. The fraction of sp³-hybridized carbons (Fsp3) is 0.556. The van der Waals surface area contributed by atoms with Gasteiger partial charge >= 0.3 is 0 Å². The highest BCUT2D eigenvalue weighted by molar-refractivity contribution is 6.00. The Hall–Kier alpha value is -2.08. The molecule has 3 rings (SSSR count). The highest BCUT2D eigenvalue weighted by atomic mass is 16.5. The van der Waals surface area contributed by atoms with Gasteiger partial charge in [0.2, 0.25) is 5.91 Å². The first-order chi connectivity index (χ1) is 11.5. The molecule has 0 aromatic heterocycles. The first-order valence-electron chi connectivity index (χ1n) is 8.45. The summed E-state index contributed by atoms with van der Waals surface area (Å²) in [5, 5.41) is 0. The molecule has 3 unspecified atom stereocenters. The highest BCUT2D eigenvalue weighted by Gasteiger charge is 2.33. The van der Waals surface area contributed by atoms with E-state index in [1.165, 1.54) is 0 Å². The smallest absolute Gasteiger partial charge is 0.267 e. The van der Waals surface area contributed by atoms with Crippen LogP contribution in [0.4, 0.5) is 5.69 Å². The van der Waals surface area contributed by atoms with Gasteiger partial charge in [-0.25, -0.2) is 0 Å². The number of carbonyl (C=O) groups excluding carboxylic acids is 2. The van der Waals surface area contributed by atoms with Crippen LogP contribution < -0.4 is 9.64 Å². The Morgan fingerprint density at radius 2 is 2.00 bits per heavy atom. The molecule has 2 amide bonds. The van der Waals surface area contributed by atoms with Gasteiger partial charge in [0.25, 0.3) is 5.91 Å². The van der Waals surface area contributed by atoms with Gasteiger partial charge in [-0.15, -0.1) is 0 Å². The molecular formula is C18H24N2O4. The van der Waals surface area contributed by atoms with E-state index in [0.717, 1.165) is 5.69 Å². The molecule has 1 saturated heterocycles. The topological polar surface area (TPSA) is 59.1 Å². The molecule has 6 nitrogen and oxygen atoms in total. The minimum Gasteiger partial charge on any atom is -0.479 e. The molecule has 130 valence electrons. The second kappa shape index (κ2) is 6.81. The van der Waals surface area contributed by atoms with E-state index in [2.05, 4.69) is 0 Å². The van der Waals surface area contributed by atoms with Crippen molar-refractivity contribution in [3.63, 3.8) is 0 Å². The van der Waals surface area contributed by atoms with Crippen molar-refractivity contribution >= 4 is 17.5 Å². The van der Waals surface area contributed by atoms with E-state index in [1.807, 2.05) is 43.0 Å². The van der Waals surface area contributed by atoms with Crippen LogP contribution in [-0.2, 0) is 14.3 Å². The van der Waals surface area contributed by atoms with Gasteiger partial charge in [0.15, 0.2) is 6.10 Å². The van der Waals surface area contributed by atoms with Crippen LogP contribution in [0.2, 0.25) is 0 Å². The van der Waals surface area contributed by atoms with Crippen molar-refractivity contribution in [3.05, 3.63) is 24.3 Å². The van der Waals surface area contributed by atoms with E-state index >= 15 is 0 Å². The van der Waals surface area contributed by atoms with Gasteiger partial charge in [0.05, 0.1) is 24.4 Å². The number of para-hydroxylation sites is 2. The fourth-order valence-corrected chi connectivity index (χ4v) is 3.19. The molecule has 0 spiro atoms. The van der Waals surface area contributed by atoms with Gasteiger partial charge in [-0.2, -0.15) is 0 Å². The predicted molar refractivity (Wildman–Crippen MR) is 90.1 cm³/mol. The Bertz CT molecular complexity index is 633. The van der Waals surface area contributed by atoms with Crippen LogP contribution in [0.5, 0.6) is 5.75 Å².